The monoisotopic (exact) mass is 450 g/mol. The molecule has 1 amide bonds. The molecule has 1 aliphatic rings. The smallest absolute Gasteiger partial charge is 0.255 e. The standard InChI is InChI=1S/C22H22N6OS2/c1-12-11-30-19(26-12)10-24-21(29)17-9-25-28(20(17)15-4-5-15)22-23-7-6-18(27-22)16-8-13(2)31-14(16)3/h6-9,11,15H,4-5,10H2,1-3H3,(H,24,29). The van der Waals surface area contributed by atoms with Gasteiger partial charge >= 0.3 is 0 Å². The van der Waals surface area contributed by atoms with Gasteiger partial charge in [0.1, 0.15) is 5.01 Å². The number of rotatable bonds is 6. The van der Waals surface area contributed by atoms with E-state index in [0.29, 0.717) is 24.0 Å². The van der Waals surface area contributed by atoms with Crippen molar-refractivity contribution in [2.24, 2.45) is 0 Å². The van der Waals surface area contributed by atoms with Gasteiger partial charge in [-0.1, -0.05) is 0 Å². The summed E-state index contributed by atoms with van der Waals surface area (Å²) in [5.74, 6) is 0.668. The van der Waals surface area contributed by atoms with Crippen molar-refractivity contribution < 1.29 is 4.79 Å². The molecule has 0 saturated heterocycles. The van der Waals surface area contributed by atoms with Gasteiger partial charge < -0.3 is 5.32 Å². The van der Waals surface area contributed by atoms with Crippen LogP contribution in [0.3, 0.4) is 0 Å². The summed E-state index contributed by atoms with van der Waals surface area (Å²) in [6.45, 7) is 6.56. The zero-order chi connectivity index (χ0) is 21.5. The second kappa shape index (κ2) is 7.97. The lowest BCUT2D eigenvalue weighted by molar-refractivity contribution is 0.0950. The number of hydrogen-bond donors (Lipinski definition) is 1. The highest BCUT2D eigenvalue weighted by molar-refractivity contribution is 7.12. The van der Waals surface area contributed by atoms with Crippen LogP contribution in [0.5, 0.6) is 0 Å². The van der Waals surface area contributed by atoms with Gasteiger partial charge in [0.2, 0.25) is 0 Å². The van der Waals surface area contributed by atoms with Crippen LogP contribution >= 0.6 is 22.7 Å². The SMILES string of the molecule is Cc1csc(CNC(=O)c2cnn(-c3nccc(-c4cc(C)sc4C)n3)c2C2CC2)n1. The molecule has 0 aliphatic heterocycles. The molecule has 31 heavy (non-hydrogen) atoms. The molecular weight excluding hydrogens is 428 g/mol. The van der Waals surface area contributed by atoms with Gasteiger partial charge in [-0.25, -0.2) is 19.6 Å². The summed E-state index contributed by atoms with van der Waals surface area (Å²) >= 11 is 3.31. The molecule has 0 unspecified atom stereocenters. The summed E-state index contributed by atoms with van der Waals surface area (Å²) < 4.78 is 1.73. The Kier molecular flexibility index (Phi) is 5.15. The van der Waals surface area contributed by atoms with Gasteiger partial charge in [-0.05, 0) is 45.7 Å². The number of carbonyl (C=O) groups is 1. The number of thiophene rings is 1. The van der Waals surface area contributed by atoms with E-state index < -0.39 is 0 Å². The lowest BCUT2D eigenvalue weighted by atomic mass is 10.1. The number of amides is 1. The molecule has 1 saturated carbocycles. The van der Waals surface area contributed by atoms with E-state index in [-0.39, 0.29) is 5.91 Å². The average molecular weight is 451 g/mol. The first-order valence-electron chi connectivity index (χ1n) is 10.2. The maximum Gasteiger partial charge on any atom is 0.255 e. The van der Waals surface area contributed by atoms with Crippen LogP contribution in [0.1, 0.15) is 55.3 Å². The molecular formula is C22H22N6OS2. The number of thiazole rings is 1. The third-order valence-electron chi connectivity index (χ3n) is 5.23. The van der Waals surface area contributed by atoms with Crippen molar-refractivity contribution in [2.75, 3.05) is 0 Å². The van der Waals surface area contributed by atoms with Crippen molar-refractivity contribution in [3.63, 3.8) is 0 Å². The number of nitrogens with zero attached hydrogens (tertiary/aromatic N) is 5. The van der Waals surface area contributed by atoms with E-state index in [1.54, 1.807) is 39.7 Å². The van der Waals surface area contributed by atoms with Gasteiger partial charge in [-0.15, -0.1) is 22.7 Å². The second-order valence-corrected chi connectivity index (χ2v) is 10.2. The lowest BCUT2D eigenvalue weighted by Gasteiger charge is -2.09. The van der Waals surface area contributed by atoms with Crippen molar-refractivity contribution >= 4 is 28.6 Å². The van der Waals surface area contributed by atoms with Crippen molar-refractivity contribution in [3.8, 4) is 17.2 Å². The Labute approximate surface area is 188 Å². The Hall–Kier alpha value is -2.91. The van der Waals surface area contributed by atoms with E-state index in [0.717, 1.165) is 40.5 Å². The van der Waals surface area contributed by atoms with E-state index >= 15 is 0 Å². The molecule has 1 aliphatic carbocycles. The summed E-state index contributed by atoms with van der Waals surface area (Å²) in [5.41, 5.74) is 4.43. The maximum atomic E-state index is 12.9. The zero-order valence-corrected chi connectivity index (χ0v) is 19.2. The Morgan fingerprint density at radius 2 is 2.10 bits per heavy atom. The number of carbonyl (C=O) groups excluding carboxylic acids is 1. The highest BCUT2D eigenvalue weighted by Gasteiger charge is 2.33. The molecule has 0 bridgehead atoms. The van der Waals surface area contributed by atoms with Gasteiger partial charge in [0.25, 0.3) is 11.9 Å². The first kappa shape index (κ1) is 20.0. The fourth-order valence-electron chi connectivity index (χ4n) is 3.66. The molecule has 7 nitrogen and oxygen atoms in total. The second-order valence-electron chi connectivity index (χ2n) is 7.76. The molecule has 158 valence electrons. The quantitative estimate of drug-likeness (QED) is 0.465. The first-order valence-corrected chi connectivity index (χ1v) is 11.9. The van der Waals surface area contributed by atoms with Gasteiger partial charge in [-0.2, -0.15) is 5.10 Å². The Bertz CT molecular complexity index is 1270. The molecule has 0 atom stereocenters. The minimum atomic E-state index is -0.138. The van der Waals surface area contributed by atoms with E-state index in [1.807, 2.05) is 18.4 Å². The van der Waals surface area contributed by atoms with Crippen LogP contribution in [0.4, 0.5) is 0 Å². The normalized spacial score (nSPS) is 13.5. The summed E-state index contributed by atoms with van der Waals surface area (Å²) in [6, 6.07) is 4.07. The summed E-state index contributed by atoms with van der Waals surface area (Å²) in [4.78, 5) is 29.1. The van der Waals surface area contributed by atoms with Crippen LogP contribution in [0.25, 0.3) is 17.2 Å². The molecule has 1 fully saturated rings. The van der Waals surface area contributed by atoms with Crippen molar-refractivity contribution in [2.45, 2.75) is 46.1 Å². The molecule has 1 N–H and O–H groups in total. The molecule has 0 aromatic carbocycles. The van der Waals surface area contributed by atoms with Crippen LogP contribution < -0.4 is 5.32 Å². The van der Waals surface area contributed by atoms with Crippen molar-refractivity contribution in [1.29, 1.82) is 0 Å². The van der Waals surface area contributed by atoms with Crippen LogP contribution in [-0.4, -0.2) is 30.6 Å². The van der Waals surface area contributed by atoms with Crippen LogP contribution in [-0.2, 0) is 6.54 Å². The van der Waals surface area contributed by atoms with Gasteiger partial charge in [0.05, 0.1) is 29.7 Å². The fourth-order valence-corrected chi connectivity index (χ4v) is 5.31. The maximum absolute atomic E-state index is 12.9. The van der Waals surface area contributed by atoms with Gasteiger partial charge in [0, 0.05) is 38.5 Å². The summed E-state index contributed by atoms with van der Waals surface area (Å²) in [5, 5.41) is 10.4. The molecule has 5 rings (SSSR count). The van der Waals surface area contributed by atoms with Crippen molar-refractivity contribution in [1.82, 2.24) is 30.0 Å². The van der Waals surface area contributed by atoms with E-state index in [4.69, 9.17) is 4.98 Å². The molecule has 9 heteroatoms. The third-order valence-corrected chi connectivity index (χ3v) is 7.16. The van der Waals surface area contributed by atoms with E-state index in [2.05, 4.69) is 40.3 Å². The number of aromatic nitrogens is 5. The largest absolute Gasteiger partial charge is 0.345 e. The third kappa shape index (κ3) is 4.03. The highest BCUT2D eigenvalue weighted by Crippen LogP contribution is 2.42. The Balaban J connectivity index is 1.45. The topological polar surface area (TPSA) is 85.6 Å². The van der Waals surface area contributed by atoms with E-state index in [9.17, 15) is 4.79 Å². The molecule has 0 radical (unpaired) electrons. The molecule has 4 aromatic rings. The average Bonchev–Trinajstić information content (AvgIpc) is 3.19. The summed E-state index contributed by atoms with van der Waals surface area (Å²) in [7, 11) is 0. The number of aryl methyl sites for hydroxylation is 3. The van der Waals surface area contributed by atoms with E-state index in [1.165, 1.54) is 9.75 Å². The van der Waals surface area contributed by atoms with Gasteiger partial charge in [0.15, 0.2) is 0 Å². The Morgan fingerprint density at radius 1 is 1.26 bits per heavy atom. The molecule has 0 spiro atoms. The fraction of sp³-hybridized carbons (Fsp3) is 0.318. The minimum Gasteiger partial charge on any atom is -0.345 e. The lowest BCUT2D eigenvalue weighted by Crippen LogP contribution is -2.23. The minimum absolute atomic E-state index is 0.138. The number of hydrogen-bond acceptors (Lipinski definition) is 7. The van der Waals surface area contributed by atoms with Crippen LogP contribution in [0.15, 0.2) is 29.9 Å². The van der Waals surface area contributed by atoms with Crippen LogP contribution in [0, 0.1) is 20.8 Å². The van der Waals surface area contributed by atoms with Crippen LogP contribution in [0.2, 0.25) is 0 Å². The Morgan fingerprint density at radius 3 is 2.77 bits per heavy atom. The predicted molar refractivity (Wildman–Crippen MR) is 122 cm³/mol. The zero-order valence-electron chi connectivity index (χ0n) is 17.5. The highest BCUT2D eigenvalue weighted by atomic mass is 32.1. The number of nitrogens with one attached hydrogen (secondary N) is 1. The molecule has 4 heterocycles. The molecule has 4 aromatic heterocycles. The first-order chi connectivity index (χ1) is 15.0. The predicted octanol–water partition coefficient (Wildman–Crippen LogP) is 4.58. The summed E-state index contributed by atoms with van der Waals surface area (Å²) in [6.07, 6.45) is 5.47. The van der Waals surface area contributed by atoms with Crippen molar-refractivity contribution in [3.05, 3.63) is 61.6 Å². The van der Waals surface area contributed by atoms with Gasteiger partial charge in [-0.3, -0.25) is 4.79 Å².